The van der Waals surface area contributed by atoms with Gasteiger partial charge in [-0.25, -0.2) is 0 Å². The summed E-state index contributed by atoms with van der Waals surface area (Å²) in [5.74, 6) is 0. The smallest absolute Gasteiger partial charge is 0.0205 e. The van der Waals surface area contributed by atoms with Gasteiger partial charge in [0, 0.05) is 5.54 Å². The molecule has 1 heteroatoms. The lowest BCUT2D eigenvalue weighted by atomic mass is 10.2. The van der Waals surface area contributed by atoms with Crippen LogP contribution in [0.3, 0.4) is 0 Å². The zero-order valence-electron chi connectivity index (χ0n) is 6.78. The number of hydrogen-bond donors (Lipinski definition) is 0. The second-order valence-corrected chi connectivity index (χ2v) is 3.09. The van der Waals surface area contributed by atoms with E-state index in [1.54, 1.807) is 0 Å². The first-order valence-electron chi connectivity index (χ1n) is 3.96. The minimum absolute atomic E-state index is 0.634. The second kappa shape index (κ2) is 2.30. The van der Waals surface area contributed by atoms with Crippen LogP contribution in [0.15, 0.2) is 0 Å². The highest BCUT2D eigenvalue weighted by Crippen LogP contribution is 2.43. The van der Waals surface area contributed by atoms with Crippen LogP contribution in [0.4, 0.5) is 0 Å². The Kier molecular flexibility index (Phi) is 1.80. The molecule has 0 unspecified atom stereocenters. The minimum atomic E-state index is 0.634. The van der Waals surface area contributed by atoms with E-state index in [1.807, 2.05) is 0 Å². The monoisotopic (exact) mass is 127 g/mol. The third kappa shape index (κ3) is 1.11. The first-order chi connectivity index (χ1) is 4.25. The quantitative estimate of drug-likeness (QED) is 0.559. The van der Waals surface area contributed by atoms with Gasteiger partial charge in [-0.2, -0.15) is 0 Å². The van der Waals surface area contributed by atoms with E-state index in [9.17, 15) is 0 Å². The highest BCUT2D eigenvalue weighted by Gasteiger charge is 2.43. The molecule has 1 fully saturated rings. The lowest BCUT2D eigenvalue weighted by Gasteiger charge is -2.24. The van der Waals surface area contributed by atoms with Crippen LogP contribution >= 0.6 is 0 Å². The Hall–Kier alpha value is -0.0400. The summed E-state index contributed by atoms with van der Waals surface area (Å²) in [5.41, 5.74) is 0.634. The van der Waals surface area contributed by atoms with E-state index in [0.717, 1.165) is 0 Å². The Balaban J connectivity index is 2.39. The van der Waals surface area contributed by atoms with Crippen LogP contribution in [0, 0.1) is 0 Å². The maximum atomic E-state index is 2.48. The van der Waals surface area contributed by atoms with Gasteiger partial charge in [0.05, 0.1) is 0 Å². The summed E-state index contributed by atoms with van der Waals surface area (Å²) in [6, 6.07) is 0. The molecule has 1 aliphatic carbocycles. The molecule has 1 saturated carbocycles. The fourth-order valence-corrected chi connectivity index (χ4v) is 1.48. The van der Waals surface area contributed by atoms with Crippen molar-refractivity contribution in [3.05, 3.63) is 0 Å². The Labute approximate surface area is 58.0 Å². The van der Waals surface area contributed by atoms with E-state index in [1.165, 1.54) is 25.8 Å². The maximum Gasteiger partial charge on any atom is 0.0205 e. The average molecular weight is 127 g/mol. The standard InChI is InChI=1S/C8H17N/c1-4-8(6-7-8)9(3)5-2/h4-7H2,1-3H3. The third-order valence-corrected chi connectivity index (χ3v) is 2.77. The Morgan fingerprint density at radius 3 is 2.00 bits per heavy atom. The van der Waals surface area contributed by atoms with Crippen molar-refractivity contribution in [2.45, 2.75) is 38.6 Å². The normalized spacial score (nSPS) is 22.7. The molecular weight excluding hydrogens is 110 g/mol. The van der Waals surface area contributed by atoms with E-state index in [2.05, 4.69) is 25.8 Å². The average Bonchev–Trinajstić information content (AvgIpc) is 2.66. The van der Waals surface area contributed by atoms with Crippen molar-refractivity contribution in [3.8, 4) is 0 Å². The molecule has 0 bridgehead atoms. The molecule has 1 nitrogen and oxygen atoms in total. The first kappa shape index (κ1) is 7.07. The molecule has 0 N–H and O–H groups in total. The number of hydrogen-bond acceptors (Lipinski definition) is 1. The molecule has 1 rings (SSSR count). The summed E-state index contributed by atoms with van der Waals surface area (Å²) in [5, 5.41) is 0. The second-order valence-electron chi connectivity index (χ2n) is 3.09. The molecule has 0 aromatic rings. The summed E-state index contributed by atoms with van der Waals surface area (Å²) in [4.78, 5) is 2.48. The highest BCUT2D eigenvalue weighted by molar-refractivity contribution is 5.00. The zero-order valence-corrected chi connectivity index (χ0v) is 6.78. The van der Waals surface area contributed by atoms with Gasteiger partial charge in [-0.15, -0.1) is 0 Å². The van der Waals surface area contributed by atoms with Crippen molar-refractivity contribution in [3.63, 3.8) is 0 Å². The van der Waals surface area contributed by atoms with Crippen molar-refractivity contribution in [1.29, 1.82) is 0 Å². The molecule has 0 saturated heterocycles. The molecule has 9 heavy (non-hydrogen) atoms. The highest BCUT2D eigenvalue weighted by atomic mass is 15.2. The van der Waals surface area contributed by atoms with Gasteiger partial charge in [0.1, 0.15) is 0 Å². The van der Waals surface area contributed by atoms with Crippen molar-refractivity contribution in [2.24, 2.45) is 0 Å². The molecular formula is C8H17N. The van der Waals surface area contributed by atoms with Gasteiger partial charge in [0.25, 0.3) is 0 Å². The van der Waals surface area contributed by atoms with Crippen molar-refractivity contribution in [2.75, 3.05) is 13.6 Å². The van der Waals surface area contributed by atoms with E-state index in [0.29, 0.717) is 5.54 Å². The van der Waals surface area contributed by atoms with Gasteiger partial charge in [-0.05, 0) is 32.9 Å². The summed E-state index contributed by atoms with van der Waals surface area (Å²) >= 11 is 0. The largest absolute Gasteiger partial charge is 0.301 e. The molecule has 1 aliphatic rings. The van der Waals surface area contributed by atoms with E-state index in [-0.39, 0.29) is 0 Å². The molecule has 54 valence electrons. The van der Waals surface area contributed by atoms with Crippen LogP contribution in [0.5, 0.6) is 0 Å². The molecule has 0 atom stereocenters. The van der Waals surface area contributed by atoms with Gasteiger partial charge in [-0.3, -0.25) is 0 Å². The third-order valence-electron chi connectivity index (χ3n) is 2.77. The maximum absolute atomic E-state index is 2.48. The van der Waals surface area contributed by atoms with Crippen molar-refractivity contribution < 1.29 is 0 Å². The fourth-order valence-electron chi connectivity index (χ4n) is 1.48. The number of nitrogens with zero attached hydrogens (tertiary/aromatic N) is 1. The van der Waals surface area contributed by atoms with Crippen LogP contribution in [0.1, 0.15) is 33.1 Å². The Bertz CT molecular complexity index is 94.7. The van der Waals surface area contributed by atoms with Gasteiger partial charge < -0.3 is 4.90 Å². The van der Waals surface area contributed by atoms with E-state index < -0.39 is 0 Å². The van der Waals surface area contributed by atoms with Gasteiger partial charge in [0.15, 0.2) is 0 Å². The molecule has 0 amide bonds. The van der Waals surface area contributed by atoms with E-state index >= 15 is 0 Å². The molecule has 0 radical (unpaired) electrons. The number of rotatable bonds is 3. The molecule has 0 aromatic carbocycles. The summed E-state index contributed by atoms with van der Waals surface area (Å²) in [6.07, 6.45) is 4.18. The molecule has 0 aromatic heterocycles. The minimum Gasteiger partial charge on any atom is -0.301 e. The lowest BCUT2D eigenvalue weighted by Crippen LogP contribution is -2.32. The summed E-state index contributed by atoms with van der Waals surface area (Å²) in [7, 11) is 2.23. The predicted octanol–water partition coefficient (Wildman–Crippen LogP) is 1.88. The predicted molar refractivity (Wildman–Crippen MR) is 40.6 cm³/mol. The summed E-state index contributed by atoms with van der Waals surface area (Å²) in [6.45, 7) is 5.72. The lowest BCUT2D eigenvalue weighted by molar-refractivity contribution is 0.226. The van der Waals surface area contributed by atoms with Crippen molar-refractivity contribution >= 4 is 0 Å². The molecule has 0 heterocycles. The summed E-state index contributed by atoms with van der Waals surface area (Å²) < 4.78 is 0. The van der Waals surface area contributed by atoms with Crippen LogP contribution in [-0.4, -0.2) is 24.0 Å². The van der Waals surface area contributed by atoms with Crippen LogP contribution in [0.2, 0.25) is 0 Å². The van der Waals surface area contributed by atoms with E-state index in [4.69, 9.17) is 0 Å². The fraction of sp³-hybridized carbons (Fsp3) is 1.00. The van der Waals surface area contributed by atoms with Gasteiger partial charge >= 0.3 is 0 Å². The Morgan fingerprint density at radius 2 is 1.89 bits per heavy atom. The van der Waals surface area contributed by atoms with Crippen LogP contribution < -0.4 is 0 Å². The first-order valence-corrected chi connectivity index (χ1v) is 3.96. The van der Waals surface area contributed by atoms with Crippen molar-refractivity contribution in [1.82, 2.24) is 4.90 Å². The zero-order chi connectivity index (χ0) is 6.91. The van der Waals surface area contributed by atoms with Crippen LogP contribution in [0.25, 0.3) is 0 Å². The molecule has 0 spiro atoms. The van der Waals surface area contributed by atoms with Gasteiger partial charge in [0.2, 0.25) is 0 Å². The Morgan fingerprint density at radius 1 is 1.33 bits per heavy atom. The molecule has 0 aliphatic heterocycles. The topological polar surface area (TPSA) is 3.24 Å². The van der Waals surface area contributed by atoms with Gasteiger partial charge in [-0.1, -0.05) is 13.8 Å². The van der Waals surface area contributed by atoms with Crippen LogP contribution in [-0.2, 0) is 0 Å². The SMILES string of the molecule is CCN(C)C1(CC)CC1.